The maximum atomic E-state index is 13.0. The molecule has 2 rings (SSSR count). The van der Waals surface area contributed by atoms with Crippen LogP contribution in [0.1, 0.15) is 13.8 Å². The van der Waals surface area contributed by atoms with Crippen LogP contribution in [0.25, 0.3) is 0 Å². The quantitative estimate of drug-likeness (QED) is 0.876. The molecule has 21 heavy (non-hydrogen) atoms. The van der Waals surface area contributed by atoms with Gasteiger partial charge in [-0.3, -0.25) is 0 Å². The van der Waals surface area contributed by atoms with Gasteiger partial charge in [0.25, 0.3) is 0 Å². The normalized spacial score (nSPS) is 24.0. The van der Waals surface area contributed by atoms with E-state index in [0.717, 1.165) is 5.69 Å². The summed E-state index contributed by atoms with van der Waals surface area (Å²) >= 11 is 3.38. The Labute approximate surface area is 135 Å². The summed E-state index contributed by atoms with van der Waals surface area (Å²) in [6.07, 6.45) is 0. The summed E-state index contributed by atoms with van der Waals surface area (Å²) in [6, 6.07) is 5.48. The molecular weight excluding hydrogens is 354 g/mol. The number of anilines is 1. The summed E-state index contributed by atoms with van der Waals surface area (Å²) in [7, 11) is 0.285. The lowest BCUT2D eigenvalue weighted by Crippen LogP contribution is -2.57. The molecule has 2 atom stereocenters. The number of hydrogen-bond acceptors (Lipinski definition) is 4. The maximum absolute atomic E-state index is 13.0. The monoisotopic (exact) mass is 375 g/mol. The van der Waals surface area contributed by atoms with E-state index in [1.807, 2.05) is 38.9 Å². The van der Waals surface area contributed by atoms with Gasteiger partial charge in [0, 0.05) is 49.4 Å². The zero-order valence-corrected chi connectivity index (χ0v) is 15.2. The molecule has 1 heterocycles. The van der Waals surface area contributed by atoms with Crippen molar-refractivity contribution in [1.29, 1.82) is 0 Å². The minimum Gasteiger partial charge on any atom is -0.378 e. The third-order valence-corrected chi connectivity index (χ3v) is 6.97. The number of benzene rings is 1. The number of nitrogens with one attached hydrogen (secondary N) is 1. The van der Waals surface area contributed by atoms with Crippen molar-refractivity contribution in [3.8, 4) is 0 Å². The third-order valence-electron chi connectivity index (χ3n) is 3.99. The van der Waals surface area contributed by atoms with E-state index >= 15 is 0 Å². The van der Waals surface area contributed by atoms with E-state index in [-0.39, 0.29) is 12.1 Å². The standard InChI is InChI=1S/C14H22BrN3O2S/c1-10-11(2)18(8-7-16-10)21(19,20)14-9-12(17(3)4)5-6-13(14)15/h5-6,9-11,16H,7-8H2,1-4H3. The van der Waals surface area contributed by atoms with Crippen LogP contribution in [0.5, 0.6) is 0 Å². The first-order valence-electron chi connectivity index (χ1n) is 6.97. The molecule has 0 saturated carbocycles. The van der Waals surface area contributed by atoms with Gasteiger partial charge in [-0.25, -0.2) is 8.42 Å². The average Bonchev–Trinajstić information content (AvgIpc) is 2.41. The smallest absolute Gasteiger partial charge is 0.244 e. The van der Waals surface area contributed by atoms with Crippen LogP contribution in [-0.4, -0.2) is 52.0 Å². The summed E-state index contributed by atoms with van der Waals surface area (Å²) in [5.74, 6) is 0. The zero-order chi connectivity index (χ0) is 15.8. The minimum atomic E-state index is -3.51. The molecule has 1 aliphatic rings. The average molecular weight is 376 g/mol. The fourth-order valence-electron chi connectivity index (χ4n) is 2.46. The van der Waals surface area contributed by atoms with Crippen LogP contribution in [0, 0.1) is 0 Å². The van der Waals surface area contributed by atoms with E-state index in [0.29, 0.717) is 22.5 Å². The van der Waals surface area contributed by atoms with E-state index in [9.17, 15) is 8.42 Å². The fourth-order valence-corrected chi connectivity index (χ4v) is 5.11. The molecule has 0 aromatic heterocycles. The second-order valence-electron chi connectivity index (χ2n) is 5.61. The number of halogens is 1. The van der Waals surface area contributed by atoms with Crippen LogP contribution in [-0.2, 0) is 10.0 Å². The van der Waals surface area contributed by atoms with Crippen molar-refractivity contribution in [1.82, 2.24) is 9.62 Å². The van der Waals surface area contributed by atoms with Gasteiger partial charge in [0.1, 0.15) is 0 Å². The van der Waals surface area contributed by atoms with Gasteiger partial charge in [0.05, 0.1) is 4.90 Å². The Morgan fingerprint density at radius 1 is 1.33 bits per heavy atom. The molecule has 0 amide bonds. The van der Waals surface area contributed by atoms with E-state index in [1.165, 1.54) is 0 Å². The molecule has 1 saturated heterocycles. The van der Waals surface area contributed by atoms with Gasteiger partial charge in [-0.15, -0.1) is 0 Å². The molecule has 0 bridgehead atoms. The van der Waals surface area contributed by atoms with Gasteiger partial charge in [0.2, 0.25) is 10.0 Å². The van der Waals surface area contributed by atoms with Crippen LogP contribution >= 0.6 is 15.9 Å². The Morgan fingerprint density at radius 3 is 2.62 bits per heavy atom. The van der Waals surface area contributed by atoms with E-state index in [1.54, 1.807) is 16.4 Å². The summed E-state index contributed by atoms with van der Waals surface area (Å²) in [6.45, 7) is 5.12. The number of nitrogens with zero attached hydrogens (tertiary/aromatic N) is 2. The first-order valence-corrected chi connectivity index (χ1v) is 9.20. The van der Waals surface area contributed by atoms with Crippen molar-refractivity contribution in [3.05, 3.63) is 22.7 Å². The Hall–Kier alpha value is -0.630. The first-order chi connectivity index (χ1) is 9.75. The van der Waals surface area contributed by atoms with Crippen molar-refractivity contribution < 1.29 is 8.42 Å². The van der Waals surface area contributed by atoms with Crippen LogP contribution in [0.2, 0.25) is 0 Å². The molecule has 0 aliphatic carbocycles. The number of hydrogen-bond donors (Lipinski definition) is 1. The maximum Gasteiger partial charge on any atom is 0.244 e. The lowest BCUT2D eigenvalue weighted by atomic mass is 10.1. The molecule has 118 valence electrons. The molecule has 2 unspecified atom stereocenters. The number of piperazine rings is 1. The van der Waals surface area contributed by atoms with Gasteiger partial charge in [0.15, 0.2) is 0 Å². The fraction of sp³-hybridized carbons (Fsp3) is 0.571. The second-order valence-corrected chi connectivity index (χ2v) is 8.32. The van der Waals surface area contributed by atoms with Crippen molar-refractivity contribution >= 4 is 31.6 Å². The SMILES string of the molecule is CC1NCCN(S(=O)(=O)c2cc(N(C)C)ccc2Br)C1C. The van der Waals surface area contributed by atoms with Crippen molar-refractivity contribution in [2.45, 2.75) is 30.8 Å². The molecular formula is C14H22BrN3O2S. The minimum absolute atomic E-state index is 0.0707. The topological polar surface area (TPSA) is 52.7 Å². The molecule has 0 radical (unpaired) electrons. The second kappa shape index (κ2) is 6.24. The van der Waals surface area contributed by atoms with E-state index in [4.69, 9.17) is 0 Å². The molecule has 1 aromatic rings. The molecule has 1 fully saturated rings. The predicted octanol–water partition coefficient (Wildman–Crippen LogP) is 1.89. The Kier molecular flexibility index (Phi) is 4.97. The Balaban J connectivity index is 2.46. The van der Waals surface area contributed by atoms with Crippen molar-refractivity contribution in [2.24, 2.45) is 0 Å². The van der Waals surface area contributed by atoms with E-state index < -0.39 is 10.0 Å². The highest BCUT2D eigenvalue weighted by molar-refractivity contribution is 9.10. The Bertz CT molecular complexity index is 619. The molecule has 1 N–H and O–H groups in total. The third kappa shape index (κ3) is 3.26. The number of sulfonamides is 1. The molecule has 5 nitrogen and oxygen atoms in total. The van der Waals surface area contributed by atoms with Crippen LogP contribution in [0.3, 0.4) is 0 Å². The highest BCUT2D eigenvalue weighted by atomic mass is 79.9. The van der Waals surface area contributed by atoms with Gasteiger partial charge < -0.3 is 10.2 Å². The van der Waals surface area contributed by atoms with Gasteiger partial charge >= 0.3 is 0 Å². The van der Waals surface area contributed by atoms with Crippen molar-refractivity contribution in [3.63, 3.8) is 0 Å². The highest BCUT2D eigenvalue weighted by Crippen LogP contribution is 2.30. The molecule has 1 aliphatic heterocycles. The highest BCUT2D eigenvalue weighted by Gasteiger charge is 2.35. The summed E-state index contributed by atoms with van der Waals surface area (Å²) in [4.78, 5) is 2.23. The van der Waals surface area contributed by atoms with Crippen molar-refractivity contribution in [2.75, 3.05) is 32.1 Å². The summed E-state index contributed by atoms with van der Waals surface area (Å²) in [5.41, 5.74) is 0.868. The summed E-state index contributed by atoms with van der Waals surface area (Å²) in [5, 5.41) is 3.30. The van der Waals surface area contributed by atoms with Gasteiger partial charge in [-0.2, -0.15) is 4.31 Å². The number of rotatable bonds is 3. The first kappa shape index (κ1) is 16.7. The van der Waals surface area contributed by atoms with Crippen LogP contribution < -0.4 is 10.2 Å². The zero-order valence-electron chi connectivity index (χ0n) is 12.8. The Morgan fingerprint density at radius 2 is 2.00 bits per heavy atom. The van der Waals surface area contributed by atoms with Gasteiger partial charge in [-0.05, 0) is 48.0 Å². The largest absolute Gasteiger partial charge is 0.378 e. The van der Waals surface area contributed by atoms with E-state index in [2.05, 4.69) is 21.2 Å². The molecule has 7 heteroatoms. The molecule has 1 aromatic carbocycles. The van der Waals surface area contributed by atoms with Crippen LogP contribution in [0.15, 0.2) is 27.6 Å². The van der Waals surface area contributed by atoms with Crippen LogP contribution in [0.4, 0.5) is 5.69 Å². The lowest BCUT2D eigenvalue weighted by Gasteiger charge is -2.37. The predicted molar refractivity (Wildman–Crippen MR) is 89.3 cm³/mol. The molecule has 0 spiro atoms. The summed E-state index contributed by atoms with van der Waals surface area (Å²) < 4.78 is 28.2. The van der Waals surface area contributed by atoms with Gasteiger partial charge in [-0.1, -0.05) is 0 Å². The lowest BCUT2D eigenvalue weighted by molar-refractivity contribution is 0.233.